The molecule has 4 rings (SSSR count). The average Bonchev–Trinajstić information content (AvgIpc) is 3.21. The summed E-state index contributed by atoms with van der Waals surface area (Å²) in [7, 11) is 0. The summed E-state index contributed by atoms with van der Waals surface area (Å²) in [5.74, 6) is 1.11. The highest BCUT2D eigenvalue weighted by atomic mass is 79.9. The van der Waals surface area contributed by atoms with Crippen molar-refractivity contribution >= 4 is 55.1 Å². The van der Waals surface area contributed by atoms with Gasteiger partial charge in [-0.05, 0) is 48.5 Å². The van der Waals surface area contributed by atoms with Crippen molar-refractivity contribution < 1.29 is 4.79 Å². The summed E-state index contributed by atoms with van der Waals surface area (Å²) in [4.78, 5) is 12.6. The van der Waals surface area contributed by atoms with Crippen LogP contribution in [0, 0.1) is 0 Å². The summed E-state index contributed by atoms with van der Waals surface area (Å²) in [6.07, 6.45) is 0. The van der Waals surface area contributed by atoms with Gasteiger partial charge in [-0.3, -0.25) is 9.36 Å². The van der Waals surface area contributed by atoms with E-state index in [4.69, 9.17) is 0 Å². The third kappa shape index (κ3) is 5.64. The van der Waals surface area contributed by atoms with Crippen LogP contribution >= 0.6 is 43.6 Å². The van der Waals surface area contributed by atoms with Crippen LogP contribution in [-0.4, -0.2) is 26.3 Å². The molecule has 1 heterocycles. The zero-order valence-electron chi connectivity index (χ0n) is 16.3. The molecule has 8 heteroatoms. The first-order valence-electron chi connectivity index (χ1n) is 9.51. The molecule has 0 atom stereocenters. The maximum atomic E-state index is 12.6. The number of hydrogen-bond donors (Lipinski definition) is 1. The fourth-order valence-corrected chi connectivity index (χ4v) is 4.34. The van der Waals surface area contributed by atoms with E-state index in [2.05, 4.69) is 47.4 Å². The van der Waals surface area contributed by atoms with Gasteiger partial charge in [-0.2, -0.15) is 0 Å². The molecule has 31 heavy (non-hydrogen) atoms. The van der Waals surface area contributed by atoms with Gasteiger partial charge in [0.25, 0.3) is 0 Å². The van der Waals surface area contributed by atoms with Gasteiger partial charge in [0.1, 0.15) is 0 Å². The molecule has 4 aromatic rings. The van der Waals surface area contributed by atoms with Crippen molar-refractivity contribution in [3.63, 3.8) is 0 Å². The van der Waals surface area contributed by atoms with Crippen molar-refractivity contribution in [3.05, 3.63) is 99.2 Å². The second-order valence-electron chi connectivity index (χ2n) is 6.65. The zero-order chi connectivity index (χ0) is 21.6. The van der Waals surface area contributed by atoms with E-state index in [1.807, 2.05) is 83.4 Å². The Labute approximate surface area is 201 Å². The third-order valence-electron chi connectivity index (χ3n) is 4.51. The number of anilines is 1. The van der Waals surface area contributed by atoms with Gasteiger partial charge >= 0.3 is 0 Å². The number of ketones is 1. The van der Waals surface area contributed by atoms with E-state index in [9.17, 15) is 4.79 Å². The fourth-order valence-electron chi connectivity index (χ4n) is 2.94. The van der Waals surface area contributed by atoms with Crippen molar-refractivity contribution in [2.45, 2.75) is 11.7 Å². The number of thioether (sulfide) groups is 1. The highest BCUT2D eigenvalue weighted by molar-refractivity contribution is 9.10. The molecule has 0 spiro atoms. The minimum atomic E-state index is 0.0506. The SMILES string of the molecule is O=C(CSc1nnc(CNc2ccc(Br)cc2)n1-c1ccccc1)c1ccc(Br)cc1. The first kappa shape index (κ1) is 21.8. The maximum Gasteiger partial charge on any atom is 0.196 e. The molecule has 1 aromatic heterocycles. The van der Waals surface area contributed by atoms with Gasteiger partial charge < -0.3 is 5.32 Å². The fraction of sp³-hybridized carbons (Fsp3) is 0.0870. The number of carbonyl (C=O) groups excluding carboxylic acids is 1. The molecular weight excluding hydrogens is 540 g/mol. The minimum absolute atomic E-state index is 0.0506. The summed E-state index contributed by atoms with van der Waals surface area (Å²) in [6, 6.07) is 25.3. The van der Waals surface area contributed by atoms with E-state index in [-0.39, 0.29) is 11.5 Å². The lowest BCUT2D eigenvalue weighted by Crippen LogP contribution is -2.09. The van der Waals surface area contributed by atoms with Gasteiger partial charge in [0.15, 0.2) is 16.8 Å². The molecule has 0 amide bonds. The second-order valence-corrected chi connectivity index (χ2v) is 9.42. The number of para-hydroxylation sites is 1. The Morgan fingerprint density at radius 3 is 2.19 bits per heavy atom. The van der Waals surface area contributed by atoms with Gasteiger partial charge in [-0.25, -0.2) is 0 Å². The molecule has 0 saturated carbocycles. The molecule has 5 nitrogen and oxygen atoms in total. The number of carbonyl (C=O) groups is 1. The van der Waals surface area contributed by atoms with Crippen LogP contribution in [0.4, 0.5) is 5.69 Å². The lowest BCUT2D eigenvalue weighted by atomic mass is 10.2. The van der Waals surface area contributed by atoms with E-state index >= 15 is 0 Å². The predicted molar refractivity (Wildman–Crippen MR) is 132 cm³/mol. The van der Waals surface area contributed by atoms with Gasteiger partial charge in [0.05, 0.1) is 12.3 Å². The Balaban J connectivity index is 1.53. The molecule has 0 radical (unpaired) electrons. The van der Waals surface area contributed by atoms with Crippen LogP contribution in [0.5, 0.6) is 0 Å². The standard InChI is InChI=1S/C23H18Br2N4OS/c24-17-8-6-16(7-9-17)21(30)15-31-23-28-27-22(29(23)20-4-2-1-3-5-20)14-26-19-12-10-18(25)11-13-19/h1-13,26H,14-15H2. The Bertz CT molecular complexity index is 1160. The first-order valence-corrected chi connectivity index (χ1v) is 12.1. The van der Waals surface area contributed by atoms with E-state index in [1.54, 1.807) is 0 Å². The van der Waals surface area contributed by atoms with Crippen LogP contribution in [0.25, 0.3) is 5.69 Å². The highest BCUT2D eigenvalue weighted by Crippen LogP contribution is 2.24. The third-order valence-corrected chi connectivity index (χ3v) is 6.49. The quantitative estimate of drug-likeness (QED) is 0.201. The summed E-state index contributed by atoms with van der Waals surface area (Å²) < 4.78 is 3.97. The summed E-state index contributed by atoms with van der Waals surface area (Å²) >= 11 is 8.23. The topological polar surface area (TPSA) is 59.8 Å². The van der Waals surface area contributed by atoms with Crippen LogP contribution in [0.2, 0.25) is 0 Å². The van der Waals surface area contributed by atoms with Gasteiger partial charge in [0, 0.05) is 25.9 Å². The molecule has 0 saturated heterocycles. The molecule has 0 bridgehead atoms. The molecule has 0 fully saturated rings. The Morgan fingerprint density at radius 1 is 0.871 bits per heavy atom. The predicted octanol–water partition coefficient (Wildman–Crippen LogP) is 6.38. The smallest absolute Gasteiger partial charge is 0.196 e. The van der Waals surface area contributed by atoms with Crippen LogP contribution < -0.4 is 5.32 Å². The van der Waals surface area contributed by atoms with Gasteiger partial charge in [0.2, 0.25) is 0 Å². The van der Waals surface area contributed by atoms with Crippen LogP contribution in [0.1, 0.15) is 16.2 Å². The number of benzene rings is 3. The van der Waals surface area contributed by atoms with E-state index < -0.39 is 0 Å². The first-order chi connectivity index (χ1) is 15.1. The normalized spacial score (nSPS) is 10.8. The number of halogens is 2. The maximum absolute atomic E-state index is 12.6. The Morgan fingerprint density at radius 2 is 1.52 bits per heavy atom. The van der Waals surface area contributed by atoms with Crippen LogP contribution in [-0.2, 0) is 6.54 Å². The molecule has 1 N–H and O–H groups in total. The van der Waals surface area contributed by atoms with E-state index in [0.29, 0.717) is 17.3 Å². The number of nitrogens with zero attached hydrogens (tertiary/aromatic N) is 3. The number of nitrogens with one attached hydrogen (secondary N) is 1. The van der Waals surface area contributed by atoms with E-state index in [1.165, 1.54) is 11.8 Å². The summed E-state index contributed by atoms with van der Waals surface area (Å²) in [6.45, 7) is 0.505. The lowest BCUT2D eigenvalue weighted by Gasteiger charge is -2.11. The average molecular weight is 558 g/mol. The Hall–Kier alpha value is -2.42. The summed E-state index contributed by atoms with van der Waals surface area (Å²) in [5.41, 5.74) is 2.63. The molecule has 0 aliphatic rings. The lowest BCUT2D eigenvalue weighted by molar-refractivity contribution is 0.102. The molecule has 0 aliphatic carbocycles. The van der Waals surface area contributed by atoms with Gasteiger partial charge in [-0.1, -0.05) is 74.0 Å². The molecule has 156 valence electrons. The zero-order valence-corrected chi connectivity index (χ0v) is 20.3. The number of rotatable bonds is 8. The van der Waals surface area contributed by atoms with Crippen molar-refractivity contribution in [3.8, 4) is 5.69 Å². The van der Waals surface area contributed by atoms with Crippen molar-refractivity contribution in [1.82, 2.24) is 14.8 Å². The van der Waals surface area contributed by atoms with Crippen molar-refractivity contribution in [1.29, 1.82) is 0 Å². The molecule has 0 aliphatic heterocycles. The molecular formula is C23H18Br2N4OS. The Kier molecular flexibility index (Phi) is 7.21. The number of Topliss-reactive ketones (excluding diaryl/α,β-unsaturated/α-hetero) is 1. The van der Waals surface area contributed by atoms with E-state index in [0.717, 1.165) is 26.1 Å². The minimum Gasteiger partial charge on any atom is -0.378 e. The van der Waals surface area contributed by atoms with Crippen molar-refractivity contribution in [2.24, 2.45) is 0 Å². The van der Waals surface area contributed by atoms with Crippen molar-refractivity contribution in [2.75, 3.05) is 11.1 Å². The number of aromatic nitrogens is 3. The van der Waals surface area contributed by atoms with Crippen LogP contribution in [0.3, 0.4) is 0 Å². The summed E-state index contributed by atoms with van der Waals surface area (Å²) in [5, 5.41) is 12.8. The monoisotopic (exact) mass is 556 g/mol. The second kappa shape index (κ2) is 10.3. The van der Waals surface area contributed by atoms with Crippen LogP contribution in [0.15, 0.2) is 93.0 Å². The molecule has 3 aromatic carbocycles. The van der Waals surface area contributed by atoms with Gasteiger partial charge in [-0.15, -0.1) is 10.2 Å². The largest absolute Gasteiger partial charge is 0.378 e. The number of hydrogen-bond acceptors (Lipinski definition) is 5. The highest BCUT2D eigenvalue weighted by Gasteiger charge is 2.16. The molecule has 0 unspecified atom stereocenters.